The SMILES string of the molecule is N[C@@H](C(=O)Nc1nc(Cl)c2[nH]cnc2n1)c1ccccc1. The minimum atomic E-state index is -0.816. The Morgan fingerprint density at radius 3 is 2.81 bits per heavy atom. The first-order valence-electron chi connectivity index (χ1n) is 6.13. The molecule has 0 fully saturated rings. The summed E-state index contributed by atoms with van der Waals surface area (Å²) in [5.74, 6) is -0.358. The highest BCUT2D eigenvalue weighted by molar-refractivity contribution is 6.33. The van der Waals surface area contributed by atoms with Gasteiger partial charge in [0.2, 0.25) is 11.9 Å². The van der Waals surface area contributed by atoms with Gasteiger partial charge in [-0.2, -0.15) is 9.97 Å². The number of H-pyrrole nitrogens is 1. The molecule has 1 aromatic carbocycles. The average molecular weight is 303 g/mol. The van der Waals surface area contributed by atoms with Crippen molar-refractivity contribution in [3.8, 4) is 0 Å². The highest BCUT2D eigenvalue weighted by Gasteiger charge is 2.17. The number of nitrogens with one attached hydrogen (secondary N) is 2. The lowest BCUT2D eigenvalue weighted by Gasteiger charge is -2.11. The summed E-state index contributed by atoms with van der Waals surface area (Å²) >= 11 is 5.98. The number of aromatic nitrogens is 4. The lowest BCUT2D eigenvalue weighted by molar-refractivity contribution is -0.117. The van der Waals surface area contributed by atoms with Crippen LogP contribution in [0, 0.1) is 0 Å². The summed E-state index contributed by atoms with van der Waals surface area (Å²) in [5, 5.41) is 2.72. The van der Waals surface area contributed by atoms with E-state index in [2.05, 4.69) is 25.3 Å². The third kappa shape index (κ3) is 2.69. The number of imidazole rings is 1. The third-order valence-corrected chi connectivity index (χ3v) is 3.19. The minimum absolute atomic E-state index is 0.0657. The van der Waals surface area contributed by atoms with Crippen LogP contribution in [0.5, 0.6) is 0 Å². The molecule has 3 aromatic rings. The molecule has 0 saturated carbocycles. The van der Waals surface area contributed by atoms with E-state index in [1.165, 1.54) is 6.33 Å². The maximum absolute atomic E-state index is 12.1. The van der Waals surface area contributed by atoms with Gasteiger partial charge in [-0.3, -0.25) is 10.1 Å². The van der Waals surface area contributed by atoms with Gasteiger partial charge in [-0.15, -0.1) is 0 Å². The normalized spacial score (nSPS) is 12.3. The number of hydrogen-bond acceptors (Lipinski definition) is 5. The molecule has 0 aliphatic rings. The van der Waals surface area contributed by atoms with Crippen molar-refractivity contribution in [2.45, 2.75) is 6.04 Å². The van der Waals surface area contributed by atoms with Crippen LogP contribution in [0.25, 0.3) is 11.2 Å². The van der Waals surface area contributed by atoms with Crippen molar-refractivity contribution in [2.24, 2.45) is 5.73 Å². The predicted octanol–water partition coefficient (Wildman–Crippen LogP) is 1.64. The fourth-order valence-corrected chi connectivity index (χ4v) is 2.07. The van der Waals surface area contributed by atoms with Crippen LogP contribution in [0.15, 0.2) is 36.7 Å². The molecule has 0 aliphatic heterocycles. The summed E-state index contributed by atoms with van der Waals surface area (Å²) in [6.07, 6.45) is 1.45. The molecule has 21 heavy (non-hydrogen) atoms. The van der Waals surface area contributed by atoms with Crippen molar-refractivity contribution in [3.05, 3.63) is 47.4 Å². The van der Waals surface area contributed by atoms with Crippen molar-refractivity contribution < 1.29 is 4.79 Å². The molecule has 0 bridgehead atoms. The molecule has 0 aliphatic carbocycles. The summed E-state index contributed by atoms with van der Waals surface area (Å²) in [6.45, 7) is 0. The zero-order chi connectivity index (χ0) is 14.8. The molecule has 0 radical (unpaired) electrons. The third-order valence-electron chi connectivity index (χ3n) is 2.92. The minimum Gasteiger partial charge on any atom is -0.341 e. The van der Waals surface area contributed by atoms with E-state index in [0.717, 1.165) is 0 Å². The summed E-state index contributed by atoms with van der Waals surface area (Å²) < 4.78 is 0. The molecule has 0 saturated heterocycles. The number of nitrogens with two attached hydrogens (primary N) is 1. The Morgan fingerprint density at radius 2 is 2.05 bits per heavy atom. The number of carbonyl (C=O) groups excluding carboxylic acids is 1. The fourth-order valence-electron chi connectivity index (χ4n) is 1.85. The lowest BCUT2D eigenvalue weighted by Crippen LogP contribution is -2.28. The van der Waals surface area contributed by atoms with Gasteiger partial charge >= 0.3 is 0 Å². The van der Waals surface area contributed by atoms with Gasteiger partial charge in [0.1, 0.15) is 11.6 Å². The van der Waals surface area contributed by atoms with Gasteiger partial charge in [0.05, 0.1) is 6.33 Å². The number of halogens is 1. The van der Waals surface area contributed by atoms with Gasteiger partial charge in [-0.25, -0.2) is 4.98 Å². The highest BCUT2D eigenvalue weighted by Crippen LogP contribution is 2.19. The largest absolute Gasteiger partial charge is 0.341 e. The second kappa shape index (κ2) is 5.47. The van der Waals surface area contributed by atoms with Crippen LogP contribution < -0.4 is 11.1 Å². The molecule has 2 aromatic heterocycles. The molecule has 0 unspecified atom stereocenters. The van der Waals surface area contributed by atoms with Crippen molar-refractivity contribution in [1.29, 1.82) is 0 Å². The predicted molar refractivity (Wildman–Crippen MR) is 78.7 cm³/mol. The van der Waals surface area contributed by atoms with E-state index in [1.54, 1.807) is 12.1 Å². The number of anilines is 1. The van der Waals surface area contributed by atoms with Crippen molar-refractivity contribution in [3.63, 3.8) is 0 Å². The van der Waals surface area contributed by atoms with E-state index in [9.17, 15) is 4.79 Å². The Morgan fingerprint density at radius 1 is 1.29 bits per heavy atom. The highest BCUT2D eigenvalue weighted by atomic mass is 35.5. The first-order valence-corrected chi connectivity index (χ1v) is 6.51. The Balaban J connectivity index is 1.83. The van der Waals surface area contributed by atoms with Crippen LogP contribution in [0.3, 0.4) is 0 Å². The molecule has 8 heteroatoms. The molecule has 3 rings (SSSR count). The monoisotopic (exact) mass is 302 g/mol. The van der Waals surface area contributed by atoms with E-state index >= 15 is 0 Å². The number of hydrogen-bond donors (Lipinski definition) is 3. The fraction of sp³-hybridized carbons (Fsp3) is 0.0769. The number of benzene rings is 1. The van der Waals surface area contributed by atoms with Crippen molar-refractivity contribution >= 4 is 34.6 Å². The van der Waals surface area contributed by atoms with E-state index < -0.39 is 11.9 Å². The molecule has 0 spiro atoms. The second-order valence-electron chi connectivity index (χ2n) is 4.32. The Bertz CT molecular complexity index is 788. The van der Waals surface area contributed by atoms with Crippen LogP contribution in [0.1, 0.15) is 11.6 Å². The standard InChI is InChI=1S/C13H11ClN6O/c14-10-9-11(17-6-16-9)19-13(18-10)20-12(21)8(15)7-4-2-1-3-5-7/h1-6,8H,15H2,(H2,16,17,18,19,20,21)/t8-/m1/s1. The lowest BCUT2D eigenvalue weighted by atomic mass is 10.1. The van der Waals surface area contributed by atoms with Crippen molar-refractivity contribution in [1.82, 2.24) is 19.9 Å². The van der Waals surface area contributed by atoms with E-state index in [4.69, 9.17) is 17.3 Å². The molecule has 7 nitrogen and oxygen atoms in total. The van der Waals surface area contributed by atoms with E-state index in [0.29, 0.717) is 16.7 Å². The molecule has 4 N–H and O–H groups in total. The zero-order valence-corrected chi connectivity index (χ0v) is 11.5. The van der Waals surface area contributed by atoms with E-state index in [-0.39, 0.29) is 11.1 Å². The van der Waals surface area contributed by atoms with Gasteiger partial charge in [0.25, 0.3) is 0 Å². The van der Waals surface area contributed by atoms with Gasteiger partial charge in [-0.05, 0) is 5.56 Å². The Hall–Kier alpha value is -2.51. The number of aromatic amines is 1. The Kier molecular flexibility index (Phi) is 3.51. The van der Waals surface area contributed by atoms with Gasteiger partial charge < -0.3 is 10.7 Å². The number of fused-ring (bicyclic) bond motifs is 1. The second-order valence-corrected chi connectivity index (χ2v) is 4.67. The average Bonchev–Trinajstić information content (AvgIpc) is 2.96. The maximum atomic E-state index is 12.1. The Labute approximate surface area is 124 Å². The maximum Gasteiger partial charge on any atom is 0.248 e. The summed E-state index contributed by atoms with van der Waals surface area (Å²) in [6, 6.07) is 8.20. The molecule has 1 atom stereocenters. The molecule has 2 heterocycles. The zero-order valence-electron chi connectivity index (χ0n) is 10.7. The number of carbonyl (C=O) groups is 1. The number of amides is 1. The molecule has 1 amide bonds. The summed E-state index contributed by atoms with van der Waals surface area (Å²) in [7, 11) is 0. The summed E-state index contributed by atoms with van der Waals surface area (Å²) in [5.41, 5.74) is 7.48. The number of rotatable bonds is 3. The van der Waals surface area contributed by atoms with Gasteiger partial charge in [0, 0.05) is 0 Å². The molecular weight excluding hydrogens is 292 g/mol. The first kappa shape index (κ1) is 13.5. The van der Waals surface area contributed by atoms with Crippen LogP contribution in [-0.4, -0.2) is 25.8 Å². The van der Waals surface area contributed by atoms with E-state index in [1.807, 2.05) is 18.2 Å². The van der Waals surface area contributed by atoms with Crippen LogP contribution in [0.4, 0.5) is 5.95 Å². The quantitative estimate of drug-likeness (QED) is 0.637. The van der Waals surface area contributed by atoms with Crippen LogP contribution >= 0.6 is 11.6 Å². The molecular formula is C13H11ClN6O. The van der Waals surface area contributed by atoms with Crippen molar-refractivity contribution in [2.75, 3.05) is 5.32 Å². The van der Waals surface area contributed by atoms with Gasteiger partial charge in [-0.1, -0.05) is 41.9 Å². The van der Waals surface area contributed by atoms with Crippen LogP contribution in [-0.2, 0) is 4.79 Å². The molecule has 106 valence electrons. The summed E-state index contributed by atoms with van der Waals surface area (Å²) in [4.78, 5) is 27.0. The van der Waals surface area contributed by atoms with Crippen LogP contribution in [0.2, 0.25) is 5.15 Å². The number of nitrogens with zero attached hydrogens (tertiary/aromatic N) is 3. The first-order chi connectivity index (χ1) is 10.1. The topological polar surface area (TPSA) is 110 Å². The smallest absolute Gasteiger partial charge is 0.248 e. The van der Waals surface area contributed by atoms with Gasteiger partial charge in [0.15, 0.2) is 10.8 Å².